The number of halogens is 2. The minimum atomic E-state index is -0.0908. The predicted molar refractivity (Wildman–Crippen MR) is 117 cm³/mol. The Bertz CT molecular complexity index is 602. The molecule has 1 aromatic carbocycles. The van der Waals surface area contributed by atoms with E-state index in [4.69, 9.17) is 16.3 Å². The summed E-state index contributed by atoms with van der Waals surface area (Å²) in [7, 11) is 3.30. The fraction of sp³-hybridized carbons (Fsp3) is 0.529. The Morgan fingerprint density at radius 3 is 2.92 bits per heavy atom. The summed E-state index contributed by atoms with van der Waals surface area (Å²) in [5, 5.41) is 9.90. The van der Waals surface area contributed by atoms with Crippen molar-refractivity contribution in [2.75, 3.05) is 51.8 Å². The van der Waals surface area contributed by atoms with Gasteiger partial charge in [-0.2, -0.15) is 0 Å². The summed E-state index contributed by atoms with van der Waals surface area (Å²) in [6.07, 6.45) is 0.993. The average molecular weight is 496 g/mol. The monoisotopic (exact) mass is 495 g/mol. The largest absolute Gasteiger partial charge is 0.383 e. The molecule has 0 bridgehead atoms. The smallest absolute Gasteiger partial charge is 0.239 e. The zero-order valence-electron chi connectivity index (χ0n) is 15.1. The molecule has 1 heterocycles. The number of methoxy groups -OCH3 is 1. The summed E-state index contributed by atoms with van der Waals surface area (Å²) in [6, 6.07) is 8.13. The van der Waals surface area contributed by atoms with E-state index in [9.17, 15) is 4.79 Å². The van der Waals surface area contributed by atoms with Crippen LogP contribution in [0.1, 0.15) is 6.42 Å². The van der Waals surface area contributed by atoms with Crippen LogP contribution in [0, 0.1) is 0 Å². The molecular weight excluding hydrogens is 469 g/mol. The maximum Gasteiger partial charge on any atom is 0.239 e. The van der Waals surface area contributed by atoms with Gasteiger partial charge in [-0.1, -0.05) is 17.7 Å². The van der Waals surface area contributed by atoms with Gasteiger partial charge in [0.15, 0.2) is 5.96 Å². The number of ether oxygens (including phenoxy) is 1. The fourth-order valence-electron chi connectivity index (χ4n) is 2.69. The van der Waals surface area contributed by atoms with Crippen molar-refractivity contribution in [2.45, 2.75) is 12.5 Å². The first-order chi connectivity index (χ1) is 12.1. The fourth-order valence-corrected chi connectivity index (χ4v) is 2.88. The molecule has 2 rings (SSSR count). The number of anilines is 1. The topological polar surface area (TPSA) is 78.0 Å². The molecule has 0 aromatic heterocycles. The molecule has 1 atom stereocenters. The second-order valence-electron chi connectivity index (χ2n) is 5.82. The third-order valence-electron chi connectivity index (χ3n) is 3.97. The van der Waals surface area contributed by atoms with E-state index in [2.05, 4.69) is 31.9 Å². The van der Waals surface area contributed by atoms with Crippen molar-refractivity contribution in [3.8, 4) is 0 Å². The number of nitrogens with one attached hydrogen (secondary N) is 3. The van der Waals surface area contributed by atoms with E-state index in [0.717, 1.165) is 30.2 Å². The SMILES string of the molecule is CN=C(NCC(=O)NCCOC)NC1CCN(c2cccc(Cl)c2)C1.I. The van der Waals surface area contributed by atoms with Crippen LogP contribution in [0.2, 0.25) is 5.02 Å². The molecule has 9 heteroatoms. The normalized spacial score (nSPS) is 16.8. The van der Waals surface area contributed by atoms with Crippen LogP contribution in [-0.2, 0) is 9.53 Å². The number of carbonyl (C=O) groups is 1. The second kappa shape index (κ2) is 12.2. The minimum absolute atomic E-state index is 0. The Kier molecular flexibility index (Phi) is 10.7. The highest BCUT2D eigenvalue weighted by Crippen LogP contribution is 2.23. The molecule has 7 nitrogen and oxygen atoms in total. The quantitative estimate of drug-likeness (QED) is 0.231. The Hall–Kier alpha value is -1.26. The standard InChI is InChI=1S/C17H26ClN5O2.HI/c1-19-17(21-11-16(24)20-7-9-25-2)22-14-6-8-23(12-14)15-5-3-4-13(18)10-15;/h3-5,10,14H,6-9,11-12H2,1-2H3,(H,20,24)(H2,19,21,22);1H. The molecule has 1 amide bonds. The molecule has 1 saturated heterocycles. The average Bonchev–Trinajstić information content (AvgIpc) is 3.07. The third-order valence-corrected chi connectivity index (χ3v) is 4.21. The van der Waals surface area contributed by atoms with E-state index in [1.807, 2.05) is 18.2 Å². The van der Waals surface area contributed by atoms with Gasteiger partial charge in [-0.25, -0.2) is 0 Å². The van der Waals surface area contributed by atoms with Gasteiger partial charge in [0, 0.05) is 50.5 Å². The zero-order chi connectivity index (χ0) is 18.1. The number of hydrogen-bond donors (Lipinski definition) is 3. The van der Waals surface area contributed by atoms with Crippen molar-refractivity contribution in [1.82, 2.24) is 16.0 Å². The van der Waals surface area contributed by atoms with E-state index < -0.39 is 0 Å². The Morgan fingerprint density at radius 2 is 2.23 bits per heavy atom. The van der Waals surface area contributed by atoms with Crippen molar-refractivity contribution >= 4 is 53.1 Å². The van der Waals surface area contributed by atoms with Crippen LogP contribution >= 0.6 is 35.6 Å². The molecule has 0 spiro atoms. The number of nitrogens with zero attached hydrogens (tertiary/aromatic N) is 2. The van der Waals surface area contributed by atoms with Gasteiger partial charge in [-0.05, 0) is 24.6 Å². The van der Waals surface area contributed by atoms with E-state index in [0.29, 0.717) is 19.1 Å². The molecule has 146 valence electrons. The third kappa shape index (κ3) is 7.55. The Labute approximate surface area is 176 Å². The minimum Gasteiger partial charge on any atom is -0.383 e. The van der Waals surface area contributed by atoms with Crippen LogP contribution in [-0.4, -0.2) is 64.9 Å². The van der Waals surface area contributed by atoms with Crippen LogP contribution in [0.4, 0.5) is 5.69 Å². The lowest BCUT2D eigenvalue weighted by atomic mass is 10.3. The van der Waals surface area contributed by atoms with E-state index in [1.165, 1.54) is 0 Å². The van der Waals surface area contributed by atoms with Gasteiger partial charge in [-0.3, -0.25) is 9.79 Å². The number of hydrogen-bond acceptors (Lipinski definition) is 4. The maximum absolute atomic E-state index is 11.7. The highest BCUT2D eigenvalue weighted by molar-refractivity contribution is 14.0. The van der Waals surface area contributed by atoms with Crippen LogP contribution in [0.5, 0.6) is 0 Å². The zero-order valence-corrected chi connectivity index (χ0v) is 18.2. The van der Waals surface area contributed by atoms with Crippen molar-refractivity contribution in [1.29, 1.82) is 0 Å². The van der Waals surface area contributed by atoms with Crippen LogP contribution in [0.15, 0.2) is 29.3 Å². The molecule has 1 aromatic rings. The molecule has 0 saturated carbocycles. The van der Waals surface area contributed by atoms with Gasteiger partial charge < -0.3 is 25.6 Å². The molecule has 1 aliphatic heterocycles. The molecule has 0 radical (unpaired) electrons. The lowest BCUT2D eigenvalue weighted by Gasteiger charge is -2.20. The summed E-state index contributed by atoms with van der Waals surface area (Å²) in [4.78, 5) is 18.2. The van der Waals surface area contributed by atoms with Gasteiger partial charge >= 0.3 is 0 Å². The first-order valence-electron chi connectivity index (χ1n) is 8.35. The number of benzene rings is 1. The van der Waals surface area contributed by atoms with Crippen LogP contribution in [0.25, 0.3) is 0 Å². The summed E-state index contributed by atoms with van der Waals surface area (Å²) in [5.74, 6) is 0.534. The van der Waals surface area contributed by atoms with Crippen molar-refractivity contribution in [2.24, 2.45) is 4.99 Å². The lowest BCUT2D eigenvalue weighted by molar-refractivity contribution is -0.120. The van der Waals surface area contributed by atoms with Crippen molar-refractivity contribution in [3.05, 3.63) is 29.3 Å². The van der Waals surface area contributed by atoms with Gasteiger partial charge in [0.25, 0.3) is 0 Å². The lowest BCUT2D eigenvalue weighted by Crippen LogP contribution is -2.47. The van der Waals surface area contributed by atoms with E-state index in [1.54, 1.807) is 14.2 Å². The van der Waals surface area contributed by atoms with Gasteiger partial charge in [0.05, 0.1) is 13.2 Å². The molecule has 1 fully saturated rings. The number of amides is 1. The summed E-state index contributed by atoms with van der Waals surface area (Å²) >= 11 is 6.07. The first-order valence-corrected chi connectivity index (χ1v) is 8.73. The van der Waals surface area contributed by atoms with Gasteiger partial charge in [0.1, 0.15) is 0 Å². The number of aliphatic imine (C=N–C) groups is 1. The molecule has 0 aliphatic carbocycles. The number of guanidine groups is 1. The first kappa shape index (κ1) is 22.8. The van der Waals surface area contributed by atoms with Crippen molar-refractivity contribution < 1.29 is 9.53 Å². The second-order valence-corrected chi connectivity index (χ2v) is 6.26. The Morgan fingerprint density at radius 1 is 1.42 bits per heavy atom. The molecular formula is C17H27ClIN5O2. The van der Waals surface area contributed by atoms with Gasteiger partial charge in [0.2, 0.25) is 5.91 Å². The summed E-state index contributed by atoms with van der Waals surface area (Å²) in [5.41, 5.74) is 1.12. The highest BCUT2D eigenvalue weighted by Gasteiger charge is 2.23. The molecule has 3 N–H and O–H groups in total. The van der Waals surface area contributed by atoms with Gasteiger partial charge in [-0.15, -0.1) is 24.0 Å². The van der Waals surface area contributed by atoms with Crippen molar-refractivity contribution in [3.63, 3.8) is 0 Å². The van der Waals surface area contributed by atoms with E-state index >= 15 is 0 Å². The number of rotatable bonds is 7. The summed E-state index contributed by atoms with van der Waals surface area (Å²) in [6.45, 7) is 2.99. The van der Waals surface area contributed by atoms with E-state index in [-0.39, 0.29) is 42.5 Å². The summed E-state index contributed by atoms with van der Waals surface area (Å²) < 4.78 is 4.90. The highest BCUT2D eigenvalue weighted by atomic mass is 127. The van der Waals surface area contributed by atoms with Crippen LogP contribution in [0.3, 0.4) is 0 Å². The molecule has 1 unspecified atom stereocenters. The molecule has 26 heavy (non-hydrogen) atoms. The molecule has 1 aliphatic rings. The number of carbonyl (C=O) groups excluding carboxylic acids is 1. The maximum atomic E-state index is 11.7. The Balaban J connectivity index is 0.00000338. The van der Waals surface area contributed by atoms with Crippen LogP contribution < -0.4 is 20.9 Å². The predicted octanol–water partition coefficient (Wildman–Crippen LogP) is 1.46.